The van der Waals surface area contributed by atoms with Crippen LogP contribution in [0.25, 0.3) is 0 Å². The fourth-order valence-corrected chi connectivity index (χ4v) is 4.33. The molecule has 1 saturated heterocycles. The highest BCUT2D eigenvalue weighted by Crippen LogP contribution is 2.37. The molecule has 5 nitrogen and oxygen atoms in total. The molecule has 0 bridgehead atoms. The summed E-state index contributed by atoms with van der Waals surface area (Å²) in [4.78, 5) is 28.1. The van der Waals surface area contributed by atoms with E-state index in [1.54, 1.807) is 0 Å². The van der Waals surface area contributed by atoms with Crippen LogP contribution >= 0.6 is 0 Å². The van der Waals surface area contributed by atoms with Gasteiger partial charge in [0.2, 0.25) is 0 Å². The van der Waals surface area contributed by atoms with Crippen LogP contribution in [0.3, 0.4) is 0 Å². The summed E-state index contributed by atoms with van der Waals surface area (Å²) in [5.41, 5.74) is 1.89. The predicted octanol–water partition coefficient (Wildman–Crippen LogP) is 2.28. The van der Waals surface area contributed by atoms with Gasteiger partial charge in [-0.15, -0.1) is 0 Å². The minimum Gasteiger partial charge on any atom is -0.323 e. The monoisotopic (exact) mass is 358 g/mol. The quantitative estimate of drug-likeness (QED) is 0.794. The molecule has 5 heteroatoms. The first-order valence-electron chi connectivity index (χ1n) is 9.87. The first-order chi connectivity index (χ1) is 12.3. The number of urea groups is 1. The molecule has 142 valence electrons. The Balaban J connectivity index is 1.64. The minimum atomic E-state index is -0.658. The van der Waals surface area contributed by atoms with Crippen LogP contribution in [0, 0.1) is 5.92 Å². The van der Waals surface area contributed by atoms with Crippen molar-refractivity contribution in [1.29, 1.82) is 0 Å². The number of quaternary nitrogens is 1. The maximum absolute atomic E-state index is 13.0. The Hall–Kier alpha value is -1.88. The molecule has 1 aromatic carbocycles. The van der Waals surface area contributed by atoms with Gasteiger partial charge in [-0.25, -0.2) is 9.69 Å². The van der Waals surface area contributed by atoms with Crippen molar-refractivity contribution in [3.8, 4) is 0 Å². The van der Waals surface area contributed by atoms with Gasteiger partial charge in [-0.1, -0.05) is 57.9 Å². The number of hydrogen-bond donors (Lipinski definition) is 2. The molecule has 0 radical (unpaired) electrons. The van der Waals surface area contributed by atoms with Gasteiger partial charge in [-0.05, 0) is 30.2 Å². The van der Waals surface area contributed by atoms with E-state index in [4.69, 9.17) is 0 Å². The third kappa shape index (κ3) is 3.50. The van der Waals surface area contributed by atoms with Crippen LogP contribution in [0.2, 0.25) is 0 Å². The lowest BCUT2D eigenvalue weighted by molar-refractivity contribution is -0.901. The van der Waals surface area contributed by atoms with E-state index in [1.165, 1.54) is 16.0 Å². The molecule has 1 saturated carbocycles. The van der Waals surface area contributed by atoms with Crippen molar-refractivity contribution in [3.05, 3.63) is 35.4 Å². The van der Waals surface area contributed by atoms with Gasteiger partial charge < -0.3 is 10.2 Å². The van der Waals surface area contributed by atoms with Gasteiger partial charge in [-0.2, -0.15) is 0 Å². The summed E-state index contributed by atoms with van der Waals surface area (Å²) < 4.78 is 0. The van der Waals surface area contributed by atoms with Crippen LogP contribution < -0.4 is 10.2 Å². The summed E-state index contributed by atoms with van der Waals surface area (Å²) in [5.74, 6) is 0.708. The number of rotatable bonds is 5. The molecule has 3 atom stereocenters. The van der Waals surface area contributed by atoms with Crippen LogP contribution in [0.5, 0.6) is 0 Å². The maximum Gasteiger partial charge on any atom is 0.329 e. The number of hydrogen-bond acceptors (Lipinski definition) is 2. The van der Waals surface area contributed by atoms with E-state index < -0.39 is 5.54 Å². The summed E-state index contributed by atoms with van der Waals surface area (Å²) in [6, 6.07) is 8.41. The molecule has 0 aromatic heterocycles. The van der Waals surface area contributed by atoms with E-state index in [0.717, 1.165) is 37.1 Å². The molecule has 1 aliphatic carbocycles. The van der Waals surface area contributed by atoms with E-state index in [-0.39, 0.29) is 17.9 Å². The fourth-order valence-electron chi connectivity index (χ4n) is 4.33. The van der Waals surface area contributed by atoms with Gasteiger partial charge in [-0.3, -0.25) is 4.79 Å². The Bertz CT molecular complexity index is 670. The standard InChI is InChI=1S/C21H31N3O2/c1-15(2)18-10-8-17(9-11-18)13-23(4)14-24-19(25)21(22-20(24)26)12-6-5-7-16(21)3/h8-11,15-16H,5-7,12-14H2,1-4H3,(H,22,26)/p+1/t16-,21-/m1/s1. The van der Waals surface area contributed by atoms with Gasteiger partial charge in [0.25, 0.3) is 5.91 Å². The van der Waals surface area contributed by atoms with Gasteiger partial charge in [0, 0.05) is 5.56 Å². The van der Waals surface area contributed by atoms with Gasteiger partial charge in [0.1, 0.15) is 12.1 Å². The predicted molar refractivity (Wildman–Crippen MR) is 102 cm³/mol. The van der Waals surface area contributed by atoms with E-state index in [1.807, 2.05) is 7.05 Å². The fraction of sp³-hybridized carbons (Fsp3) is 0.619. The normalized spacial score (nSPS) is 27.3. The minimum absolute atomic E-state index is 0.0239. The average molecular weight is 359 g/mol. The topological polar surface area (TPSA) is 53.9 Å². The summed E-state index contributed by atoms with van der Waals surface area (Å²) in [5, 5.41) is 3.03. The lowest BCUT2D eigenvalue weighted by atomic mass is 9.73. The first-order valence-corrected chi connectivity index (χ1v) is 9.87. The second-order valence-electron chi connectivity index (χ2n) is 8.47. The highest BCUT2D eigenvalue weighted by molar-refractivity contribution is 6.07. The third-order valence-corrected chi connectivity index (χ3v) is 6.08. The smallest absolute Gasteiger partial charge is 0.323 e. The number of amides is 3. The second kappa shape index (κ2) is 7.39. The average Bonchev–Trinajstić information content (AvgIpc) is 2.83. The summed E-state index contributed by atoms with van der Waals surface area (Å²) in [6.45, 7) is 7.66. The number of nitrogens with zero attached hydrogens (tertiary/aromatic N) is 1. The highest BCUT2D eigenvalue weighted by atomic mass is 16.2. The molecule has 2 N–H and O–H groups in total. The van der Waals surface area contributed by atoms with E-state index in [2.05, 4.69) is 50.4 Å². The van der Waals surface area contributed by atoms with Crippen molar-refractivity contribution in [2.45, 2.75) is 64.5 Å². The Kier molecular flexibility index (Phi) is 5.37. The number of carbonyl (C=O) groups is 2. The lowest BCUT2D eigenvalue weighted by Gasteiger charge is -2.36. The Morgan fingerprint density at radius 2 is 1.92 bits per heavy atom. The highest BCUT2D eigenvalue weighted by Gasteiger charge is 2.55. The van der Waals surface area contributed by atoms with Crippen molar-refractivity contribution >= 4 is 11.9 Å². The van der Waals surface area contributed by atoms with E-state index >= 15 is 0 Å². The molecule has 1 aliphatic heterocycles. The van der Waals surface area contributed by atoms with Crippen LogP contribution in [-0.4, -0.2) is 36.1 Å². The Morgan fingerprint density at radius 3 is 2.54 bits per heavy atom. The Labute approximate surface area is 156 Å². The molecular weight excluding hydrogens is 326 g/mol. The van der Waals surface area contributed by atoms with Crippen LogP contribution in [0.4, 0.5) is 4.79 Å². The number of nitrogens with one attached hydrogen (secondary N) is 2. The molecule has 2 aliphatic rings. The zero-order valence-electron chi connectivity index (χ0n) is 16.5. The zero-order valence-corrected chi connectivity index (χ0v) is 16.5. The van der Waals surface area contributed by atoms with Gasteiger partial charge >= 0.3 is 6.03 Å². The third-order valence-electron chi connectivity index (χ3n) is 6.08. The Morgan fingerprint density at radius 1 is 1.23 bits per heavy atom. The second-order valence-corrected chi connectivity index (χ2v) is 8.47. The first kappa shape index (κ1) is 18.9. The maximum atomic E-state index is 13.0. The van der Waals surface area contributed by atoms with E-state index in [9.17, 15) is 9.59 Å². The van der Waals surface area contributed by atoms with Crippen molar-refractivity contribution < 1.29 is 14.5 Å². The van der Waals surface area contributed by atoms with Crippen LogP contribution in [0.1, 0.15) is 63.5 Å². The largest absolute Gasteiger partial charge is 0.329 e. The molecule has 1 unspecified atom stereocenters. The molecule has 3 rings (SSSR count). The molecule has 3 amide bonds. The van der Waals surface area contributed by atoms with Crippen molar-refractivity contribution in [2.24, 2.45) is 5.92 Å². The number of carbonyl (C=O) groups excluding carboxylic acids is 2. The lowest BCUT2D eigenvalue weighted by Crippen LogP contribution is -3.09. The van der Waals surface area contributed by atoms with Crippen molar-refractivity contribution in [2.75, 3.05) is 13.7 Å². The number of imide groups is 1. The van der Waals surface area contributed by atoms with Crippen molar-refractivity contribution in [1.82, 2.24) is 10.2 Å². The molecule has 2 fully saturated rings. The summed E-state index contributed by atoms with van der Waals surface area (Å²) >= 11 is 0. The zero-order chi connectivity index (χ0) is 18.9. The van der Waals surface area contributed by atoms with E-state index in [0.29, 0.717) is 12.6 Å². The van der Waals surface area contributed by atoms with Gasteiger partial charge in [0.15, 0.2) is 6.67 Å². The molecule has 1 heterocycles. The summed E-state index contributed by atoms with van der Waals surface area (Å²) in [7, 11) is 2.03. The molecule has 26 heavy (non-hydrogen) atoms. The SMILES string of the molecule is CC(C)c1ccc(C[NH+](C)CN2C(=O)N[C@@]3(CCCC[C@H]3C)C2=O)cc1. The van der Waals surface area contributed by atoms with Crippen molar-refractivity contribution in [3.63, 3.8) is 0 Å². The summed E-state index contributed by atoms with van der Waals surface area (Å²) in [6.07, 6.45) is 3.92. The van der Waals surface area contributed by atoms with Crippen LogP contribution in [-0.2, 0) is 11.3 Å². The molecule has 1 spiro atoms. The number of benzene rings is 1. The molecular formula is C21H32N3O2+. The van der Waals surface area contributed by atoms with Crippen LogP contribution in [0.15, 0.2) is 24.3 Å². The van der Waals surface area contributed by atoms with Gasteiger partial charge in [0.05, 0.1) is 7.05 Å². The molecule has 1 aromatic rings.